The van der Waals surface area contributed by atoms with Crippen LogP contribution < -0.4 is 10.6 Å². The molecule has 2 aromatic rings. The number of carbonyl (C=O) groups excluding carboxylic acids is 2. The zero-order valence-corrected chi connectivity index (χ0v) is 13.4. The van der Waals surface area contributed by atoms with Crippen molar-refractivity contribution >= 4 is 17.5 Å². The molecule has 3 N–H and O–H groups in total. The highest BCUT2D eigenvalue weighted by atomic mass is 16.3. The van der Waals surface area contributed by atoms with Crippen molar-refractivity contribution < 1.29 is 14.7 Å². The van der Waals surface area contributed by atoms with Gasteiger partial charge >= 0.3 is 0 Å². The molecule has 0 aliphatic carbocycles. The lowest BCUT2D eigenvalue weighted by Crippen LogP contribution is -2.26. The van der Waals surface area contributed by atoms with Gasteiger partial charge in [0.1, 0.15) is 5.75 Å². The van der Waals surface area contributed by atoms with Crippen LogP contribution in [0.2, 0.25) is 0 Å². The Morgan fingerprint density at radius 1 is 1.13 bits per heavy atom. The molecule has 0 saturated heterocycles. The predicted molar refractivity (Wildman–Crippen MR) is 89.5 cm³/mol. The maximum absolute atomic E-state index is 12.3. The summed E-state index contributed by atoms with van der Waals surface area (Å²) in [5.41, 5.74) is 2.65. The molecule has 2 aromatic carbocycles. The van der Waals surface area contributed by atoms with E-state index in [1.54, 1.807) is 30.3 Å². The minimum absolute atomic E-state index is 0.0401. The predicted octanol–water partition coefficient (Wildman–Crippen LogP) is 3.15. The van der Waals surface area contributed by atoms with Gasteiger partial charge in [-0.05, 0) is 49.2 Å². The van der Waals surface area contributed by atoms with Crippen LogP contribution in [0.4, 0.5) is 5.69 Å². The Morgan fingerprint density at radius 2 is 1.87 bits per heavy atom. The number of anilines is 1. The van der Waals surface area contributed by atoms with Crippen LogP contribution in [0.5, 0.6) is 5.75 Å². The van der Waals surface area contributed by atoms with Gasteiger partial charge in [-0.2, -0.15) is 0 Å². The third-order valence-electron chi connectivity index (χ3n) is 3.45. The molecule has 5 heteroatoms. The van der Waals surface area contributed by atoms with Crippen LogP contribution in [0, 0.1) is 6.92 Å². The third-order valence-corrected chi connectivity index (χ3v) is 3.45. The number of rotatable bonds is 4. The van der Waals surface area contributed by atoms with Gasteiger partial charge in [0.25, 0.3) is 5.91 Å². The van der Waals surface area contributed by atoms with E-state index in [0.717, 1.165) is 11.1 Å². The van der Waals surface area contributed by atoms with Gasteiger partial charge in [-0.1, -0.05) is 18.2 Å². The minimum Gasteiger partial charge on any atom is -0.507 e. The summed E-state index contributed by atoms with van der Waals surface area (Å²) in [7, 11) is 0. The quantitative estimate of drug-likeness (QED) is 0.811. The van der Waals surface area contributed by atoms with E-state index in [4.69, 9.17) is 0 Å². The smallest absolute Gasteiger partial charge is 0.255 e. The van der Waals surface area contributed by atoms with Crippen molar-refractivity contribution in [3.63, 3.8) is 0 Å². The van der Waals surface area contributed by atoms with Crippen molar-refractivity contribution in [2.75, 3.05) is 5.32 Å². The molecule has 0 aromatic heterocycles. The second kappa shape index (κ2) is 6.96. The first kappa shape index (κ1) is 16.5. The molecule has 0 fully saturated rings. The first-order chi connectivity index (χ1) is 10.9. The fraction of sp³-hybridized carbons (Fsp3) is 0.222. The largest absolute Gasteiger partial charge is 0.507 e. The van der Waals surface area contributed by atoms with Crippen LogP contribution in [-0.2, 0) is 4.79 Å². The van der Waals surface area contributed by atoms with Gasteiger partial charge in [0, 0.05) is 12.6 Å². The van der Waals surface area contributed by atoms with Gasteiger partial charge in [0.2, 0.25) is 5.91 Å². The Bertz CT molecular complexity index is 741. The maximum atomic E-state index is 12.3. The average molecular weight is 312 g/mol. The fourth-order valence-electron chi connectivity index (χ4n) is 2.28. The van der Waals surface area contributed by atoms with Gasteiger partial charge < -0.3 is 15.7 Å². The molecule has 0 saturated carbocycles. The number of nitrogens with one attached hydrogen (secondary N) is 2. The molecule has 1 unspecified atom stereocenters. The summed E-state index contributed by atoms with van der Waals surface area (Å²) in [5.74, 6) is -0.537. The molecular formula is C18H20N2O3. The Labute approximate surface area is 135 Å². The van der Waals surface area contributed by atoms with E-state index in [9.17, 15) is 14.7 Å². The topological polar surface area (TPSA) is 78.4 Å². The number of carbonyl (C=O) groups is 2. The molecule has 0 radical (unpaired) electrons. The maximum Gasteiger partial charge on any atom is 0.255 e. The zero-order valence-electron chi connectivity index (χ0n) is 13.4. The molecule has 0 bridgehead atoms. The van der Waals surface area contributed by atoms with Gasteiger partial charge in [0.15, 0.2) is 0 Å². The van der Waals surface area contributed by atoms with Crippen LogP contribution in [0.25, 0.3) is 0 Å². The lowest BCUT2D eigenvalue weighted by Gasteiger charge is -2.16. The van der Waals surface area contributed by atoms with Crippen molar-refractivity contribution in [3.8, 4) is 5.75 Å². The Morgan fingerprint density at radius 3 is 2.52 bits per heavy atom. The SMILES string of the molecule is CC(=O)Nc1cccc(C(C)NC(=O)c2ccc(C)cc2O)c1. The molecular weight excluding hydrogens is 292 g/mol. The van der Waals surface area contributed by atoms with E-state index in [1.807, 2.05) is 26.0 Å². The van der Waals surface area contributed by atoms with Gasteiger partial charge in [0.05, 0.1) is 11.6 Å². The van der Waals surface area contributed by atoms with E-state index in [1.165, 1.54) is 6.92 Å². The van der Waals surface area contributed by atoms with E-state index in [-0.39, 0.29) is 29.2 Å². The zero-order chi connectivity index (χ0) is 17.0. The van der Waals surface area contributed by atoms with Crippen molar-refractivity contribution in [1.29, 1.82) is 0 Å². The summed E-state index contributed by atoms with van der Waals surface area (Å²) < 4.78 is 0. The van der Waals surface area contributed by atoms with Crippen LogP contribution in [-0.4, -0.2) is 16.9 Å². The summed E-state index contributed by atoms with van der Waals surface area (Å²) in [6, 6.07) is 11.9. The highest BCUT2D eigenvalue weighted by molar-refractivity contribution is 5.97. The van der Waals surface area contributed by atoms with Crippen LogP contribution >= 0.6 is 0 Å². The van der Waals surface area contributed by atoms with Crippen molar-refractivity contribution in [3.05, 3.63) is 59.2 Å². The second-order valence-electron chi connectivity index (χ2n) is 5.52. The lowest BCUT2D eigenvalue weighted by atomic mass is 10.1. The third kappa shape index (κ3) is 4.32. The number of hydrogen-bond donors (Lipinski definition) is 3. The van der Waals surface area contributed by atoms with E-state index in [0.29, 0.717) is 5.69 Å². The van der Waals surface area contributed by atoms with E-state index in [2.05, 4.69) is 10.6 Å². The van der Waals surface area contributed by atoms with E-state index >= 15 is 0 Å². The number of benzene rings is 2. The van der Waals surface area contributed by atoms with Crippen LogP contribution in [0.15, 0.2) is 42.5 Å². The van der Waals surface area contributed by atoms with Gasteiger partial charge in [-0.15, -0.1) is 0 Å². The van der Waals surface area contributed by atoms with Crippen molar-refractivity contribution in [1.82, 2.24) is 5.32 Å². The highest BCUT2D eigenvalue weighted by Crippen LogP contribution is 2.21. The Kier molecular flexibility index (Phi) is 5.01. The molecule has 120 valence electrons. The number of amides is 2. The van der Waals surface area contributed by atoms with Crippen molar-refractivity contribution in [2.24, 2.45) is 0 Å². The molecule has 0 spiro atoms. The molecule has 2 rings (SSSR count). The minimum atomic E-state index is -0.347. The van der Waals surface area contributed by atoms with Gasteiger partial charge in [-0.3, -0.25) is 9.59 Å². The Balaban J connectivity index is 2.13. The first-order valence-corrected chi connectivity index (χ1v) is 7.35. The van der Waals surface area contributed by atoms with Crippen LogP contribution in [0.3, 0.4) is 0 Å². The normalized spacial score (nSPS) is 11.6. The number of aryl methyl sites for hydroxylation is 1. The summed E-state index contributed by atoms with van der Waals surface area (Å²) in [6.45, 7) is 5.13. The Hall–Kier alpha value is -2.82. The fourth-order valence-corrected chi connectivity index (χ4v) is 2.28. The second-order valence-corrected chi connectivity index (χ2v) is 5.52. The molecule has 0 heterocycles. The van der Waals surface area contributed by atoms with Crippen LogP contribution in [0.1, 0.15) is 41.4 Å². The summed E-state index contributed by atoms with van der Waals surface area (Å²) >= 11 is 0. The number of phenols is 1. The first-order valence-electron chi connectivity index (χ1n) is 7.35. The molecule has 1 atom stereocenters. The number of hydrogen-bond acceptors (Lipinski definition) is 3. The standard InChI is InChI=1S/C18H20N2O3/c1-11-7-8-16(17(22)9-11)18(23)19-12(2)14-5-4-6-15(10-14)20-13(3)21/h4-10,12,22H,1-3H3,(H,19,23)(H,20,21). The van der Waals surface area contributed by atoms with Crippen molar-refractivity contribution in [2.45, 2.75) is 26.8 Å². The monoisotopic (exact) mass is 312 g/mol. The summed E-state index contributed by atoms with van der Waals surface area (Å²) in [5, 5.41) is 15.4. The molecule has 5 nitrogen and oxygen atoms in total. The van der Waals surface area contributed by atoms with E-state index < -0.39 is 0 Å². The lowest BCUT2D eigenvalue weighted by molar-refractivity contribution is -0.114. The number of aromatic hydroxyl groups is 1. The summed E-state index contributed by atoms with van der Waals surface area (Å²) in [6.07, 6.45) is 0. The molecule has 0 aliphatic rings. The number of phenolic OH excluding ortho intramolecular Hbond substituents is 1. The molecule has 2 amide bonds. The molecule has 23 heavy (non-hydrogen) atoms. The summed E-state index contributed by atoms with van der Waals surface area (Å²) in [4.78, 5) is 23.4. The van der Waals surface area contributed by atoms with Gasteiger partial charge in [-0.25, -0.2) is 0 Å². The average Bonchev–Trinajstić information content (AvgIpc) is 2.46. The highest BCUT2D eigenvalue weighted by Gasteiger charge is 2.15. The molecule has 0 aliphatic heterocycles.